The van der Waals surface area contributed by atoms with E-state index < -0.39 is 23.5 Å². The van der Waals surface area contributed by atoms with Gasteiger partial charge in [0.2, 0.25) is 5.76 Å². The molecule has 0 aliphatic carbocycles. The van der Waals surface area contributed by atoms with Crippen LogP contribution in [0.25, 0.3) is 11.3 Å². The number of aromatic carboxylic acids is 1. The molecule has 1 aromatic heterocycles. The van der Waals surface area contributed by atoms with Crippen molar-refractivity contribution in [3.63, 3.8) is 0 Å². The molecular weight excluding hydrogens is 329 g/mol. The molecule has 100 valence electrons. The predicted molar refractivity (Wildman–Crippen MR) is 63.8 cm³/mol. The first-order valence-corrected chi connectivity index (χ1v) is 5.78. The number of carbonyl (C=O) groups is 1. The van der Waals surface area contributed by atoms with Crippen molar-refractivity contribution < 1.29 is 27.5 Å². The van der Waals surface area contributed by atoms with E-state index in [0.29, 0.717) is 0 Å². The minimum atomic E-state index is -4.56. The smallest absolute Gasteiger partial charge is 0.417 e. The van der Waals surface area contributed by atoms with Gasteiger partial charge in [-0.1, -0.05) is 15.9 Å². The fourth-order valence-corrected chi connectivity index (χ4v) is 1.92. The van der Waals surface area contributed by atoms with Gasteiger partial charge in [0.15, 0.2) is 0 Å². The molecule has 0 atom stereocenters. The lowest BCUT2D eigenvalue weighted by Crippen LogP contribution is -2.07. The zero-order chi connectivity index (χ0) is 14.2. The quantitative estimate of drug-likeness (QED) is 0.884. The van der Waals surface area contributed by atoms with Crippen LogP contribution in [0.3, 0.4) is 0 Å². The summed E-state index contributed by atoms with van der Waals surface area (Å²) in [5.41, 5.74) is -1.10. The van der Waals surface area contributed by atoms with E-state index in [2.05, 4.69) is 15.9 Å². The van der Waals surface area contributed by atoms with Gasteiger partial charge in [-0.2, -0.15) is 13.2 Å². The highest BCUT2D eigenvalue weighted by Gasteiger charge is 2.34. The molecule has 0 fully saturated rings. The molecule has 0 aliphatic heterocycles. The SMILES string of the molecule is O=C(O)c1ccc(-c2ccc(Br)cc2C(F)(F)F)o1. The summed E-state index contributed by atoms with van der Waals surface area (Å²) in [6, 6.07) is 5.87. The van der Waals surface area contributed by atoms with Crippen LogP contribution in [-0.2, 0) is 6.18 Å². The highest BCUT2D eigenvalue weighted by molar-refractivity contribution is 9.10. The van der Waals surface area contributed by atoms with Gasteiger partial charge in [-0.15, -0.1) is 0 Å². The molecule has 0 unspecified atom stereocenters. The number of carboxylic acid groups (broad SMARTS) is 1. The number of hydrogen-bond donors (Lipinski definition) is 1. The predicted octanol–water partition coefficient (Wildman–Crippen LogP) is 4.43. The fourth-order valence-electron chi connectivity index (χ4n) is 1.56. The first kappa shape index (κ1) is 13.7. The summed E-state index contributed by atoms with van der Waals surface area (Å²) in [5.74, 6) is -1.89. The second-order valence-electron chi connectivity index (χ2n) is 3.66. The normalized spacial score (nSPS) is 11.6. The number of furan rings is 1. The Morgan fingerprint density at radius 1 is 1.21 bits per heavy atom. The van der Waals surface area contributed by atoms with Crippen LogP contribution in [0.5, 0.6) is 0 Å². The standard InChI is InChI=1S/C12H6BrF3O3/c13-6-1-2-7(8(5-6)12(14,15)16)9-3-4-10(19-9)11(17)18/h1-5H,(H,17,18). The van der Waals surface area contributed by atoms with Crippen LogP contribution in [0.4, 0.5) is 13.2 Å². The third kappa shape index (κ3) is 2.81. The van der Waals surface area contributed by atoms with E-state index in [1.165, 1.54) is 18.2 Å². The van der Waals surface area contributed by atoms with Crippen molar-refractivity contribution in [2.45, 2.75) is 6.18 Å². The Labute approximate surface area is 113 Å². The lowest BCUT2D eigenvalue weighted by atomic mass is 10.1. The molecule has 0 bridgehead atoms. The molecule has 1 aromatic carbocycles. The van der Waals surface area contributed by atoms with Gasteiger partial charge in [0.25, 0.3) is 0 Å². The Morgan fingerprint density at radius 2 is 1.89 bits per heavy atom. The minimum absolute atomic E-state index is 0.141. The maximum absolute atomic E-state index is 12.9. The maximum atomic E-state index is 12.9. The molecule has 7 heteroatoms. The molecule has 0 spiro atoms. The van der Waals surface area contributed by atoms with E-state index in [4.69, 9.17) is 9.52 Å². The summed E-state index contributed by atoms with van der Waals surface area (Å²) >= 11 is 2.97. The highest BCUT2D eigenvalue weighted by Crippen LogP contribution is 2.39. The molecule has 3 nitrogen and oxygen atoms in total. The molecule has 1 heterocycles. The van der Waals surface area contributed by atoms with Gasteiger partial charge in [-0.3, -0.25) is 0 Å². The maximum Gasteiger partial charge on any atom is 0.417 e. The highest BCUT2D eigenvalue weighted by atomic mass is 79.9. The van der Waals surface area contributed by atoms with Crippen molar-refractivity contribution in [3.05, 3.63) is 46.1 Å². The Morgan fingerprint density at radius 3 is 2.42 bits per heavy atom. The third-order valence-corrected chi connectivity index (χ3v) is 2.86. The first-order valence-electron chi connectivity index (χ1n) is 4.99. The average molecular weight is 335 g/mol. The monoisotopic (exact) mass is 334 g/mol. The fraction of sp³-hybridized carbons (Fsp3) is 0.0833. The van der Waals surface area contributed by atoms with Crippen molar-refractivity contribution in [1.82, 2.24) is 0 Å². The third-order valence-electron chi connectivity index (χ3n) is 2.37. The van der Waals surface area contributed by atoms with Gasteiger partial charge in [0.05, 0.1) is 5.56 Å². The number of rotatable bonds is 2. The average Bonchev–Trinajstić information content (AvgIpc) is 2.77. The summed E-state index contributed by atoms with van der Waals surface area (Å²) in [6.45, 7) is 0. The van der Waals surface area contributed by atoms with Crippen LogP contribution < -0.4 is 0 Å². The molecule has 0 saturated heterocycles. The van der Waals surface area contributed by atoms with E-state index in [1.54, 1.807) is 0 Å². The molecule has 19 heavy (non-hydrogen) atoms. The largest absolute Gasteiger partial charge is 0.475 e. The first-order chi connectivity index (χ1) is 8.79. The molecule has 2 rings (SSSR count). The molecule has 2 aromatic rings. The van der Waals surface area contributed by atoms with Crippen molar-refractivity contribution in [3.8, 4) is 11.3 Å². The lowest BCUT2D eigenvalue weighted by Gasteiger charge is -2.11. The van der Waals surface area contributed by atoms with Crippen LogP contribution in [0.15, 0.2) is 39.2 Å². The zero-order valence-electron chi connectivity index (χ0n) is 9.16. The summed E-state index contributed by atoms with van der Waals surface area (Å²) in [7, 11) is 0. The van der Waals surface area contributed by atoms with Gasteiger partial charge < -0.3 is 9.52 Å². The summed E-state index contributed by atoms with van der Waals surface area (Å²) in [4.78, 5) is 10.7. The summed E-state index contributed by atoms with van der Waals surface area (Å²) in [5, 5.41) is 8.69. The van der Waals surface area contributed by atoms with Gasteiger partial charge in [-0.25, -0.2) is 4.79 Å². The number of benzene rings is 1. The van der Waals surface area contributed by atoms with Crippen LogP contribution in [-0.4, -0.2) is 11.1 Å². The Bertz CT molecular complexity index is 631. The summed E-state index contributed by atoms with van der Waals surface area (Å²) < 4.78 is 43.9. The summed E-state index contributed by atoms with van der Waals surface area (Å²) in [6.07, 6.45) is -4.56. The topological polar surface area (TPSA) is 50.4 Å². The molecule has 0 amide bonds. The van der Waals surface area contributed by atoms with Gasteiger partial charge in [0, 0.05) is 10.0 Å². The lowest BCUT2D eigenvalue weighted by molar-refractivity contribution is -0.137. The molecular formula is C12H6BrF3O3. The Kier molecular flexibility index (Phi) is 3.40. The van der Waals surface area contributed by atoms with E-state index >= 15 is 0 Å². The van der Waals surface area contributed by atoms with Crippen LogP contribution in [0.1, 0.15) is 16.1 Å². The van der Waals surface area contributed by atoms with Crippen molar-refractivity contribution in [2.24, 2.45) is 0 Å². The van der Waals surface area contributed by atoms with Crippen LogP contribution in [0.2, 0.25) is 0 Å². The van der Waals surface area contributed by atoms with Gasteiger partial charge in [0.1, 0.15) is 5.76 Å². The van der Waals surface area contributed by atoms with Crippen LogP contribution in [0, 0.1) is 0 Å². The van der Waals surface area contributed by atoms with E-state index in [0.717, 1.165) is 12.1 Å². The second kappa shape index (κ2) is 4.73. The van der Waals surface area contributed by atoms with E-state index in [-0.39, 0.29) is 15.8 Å². The van der Waals surface area contributed by atoms with Crippen LogP contribution >= 0.6 is 15.9 Å². The van der Waals surface area contributed by atoms with Crippen molar-refractivity contribution in [2.75, 3.05) is 0 Å². The van der Waals surface area contributed by atoms with E-state index in [1.807, 2.05) is 0 Å². The molecule has 0 saturated carbocycles. The minimum Gasteiger partial charge on any atom is -0.475 e. The number of alkyl halides is 3. The van der Waals surface area contributed by atoms with Crippen molar-refractivity contribution >= 4 is 21.9 Å². The van der Waals surface area contributed by atoms with Gasteiger partial charge >= 0.3 is 12.1 Å². The number of hydrogen-bond acceptors (Lipinski definition) is 2. The second-order valence-corrected chi connectivity index (χ2v) is 4.57. The molecule has 1 N–H and O–H groups in total. The number of halogens is 4. The molecule has 0 aliphatic rings. The number of carboxylic acids is 1. The van der Waals surface area contributed by atoms with Crippen molar-refractivity contribution in [1.29, 1.82) is 0 Å². The molecule has 0 radical (unpaired) electrons. The van der Waals surface area contributed by atoms with Gasteiger partial charge in [-0.05, 0) is 30.3 Å². The Balaban J connectivity index is 2.58. The van der Waals surface area contributed by atoms with E-state index in [9.17, 15) is 18.0 Å². The Hall–Kier alpha value is -1.76. The zero-order valence-corrected chi connectivity index (χ0v) is 10.7.